The summed E-state index contributed by atoms with van der Waals surface area (Å²) in [5.41, 5.74) is 7.74. The van der Waals surface area contributed by atoms with E-state index in [2.05, 4.69) is 6.58 Å². The number of rotatable bonds is 3. The standard InChI is InChI=1S/C9H15N/c1-4-9(7-10)6-5-8(2)3/h4-6H,1,7,10H2,2-3H3/b9-6+. The third-order valence-electron chi connectivity index (χ3n) is 1.13. The Morgan fingerprint density at radius 1 is 1.40 bits per heavy atom. The zero-order valence-corrected chi connectivity index (χ0v) is 6.72. The summed E-state index contributed by atoms with van der Waals surface area (Å²) >= 11 is 0. The van der Waals surface area contributed by atoms with Crippen LogP contribution in [0.5, 0.6) is 0 Å². The molecule has 1 heteroatoms. The first-order valence-electron chi connectivity index (χ1n) is 3.37. The number of allylic oxidation sites excluding steroid dienone is 3. The molecule has 10 heavy (non-hydrogen) atoms. The molecule has 0 bridgehead atoms. The number of nitrogens with two attached hydrogens (primary N) is 1. The molecule has 2 N–H and O–H groups in total. The van der Waals surface area contributed by atoms with Gasteiger partial charge < -0.3 is 5.73 Å². The maximum absolute atomic E-state index is 5.40. The maximum Gasteiger partial charge on any atom is 0.0177 e. The van der Waals surface area contributed by atoms with E-state index in [9.17, 15) is 0 Å². The summed E-state index contributed by atoms with van der Waals surface area (Å²) in [7, 11) is 0. The van der Waals surface area contributed by atoms with Crippen molar-refractivity contribution in [2.24, 2.45) is 5.73 Å². The third kappa shape index (κ3) is 4.10. The Bertz CT molecular complexity index is 160. The van der Waals surface area contributed by atoms with Crippen LogP contribution in [0.15, 0.2) is 36.0 Å². The number of hydrogen-bond acceptors (Lipinski definition) is 1. The van der Waals surface area contributed by atoms with Crippen molar-refractivity contribution in [3.63, 3.8) is 0 Å². The molecular formula is C9H15N. The van der Waals surface area contributed by atoms with Crippen LogP contribution in [0.2, 0.25) is 0 Å². The van der Waals surface area contributed by atoms with E-state index in [1.54, 1.807) is 6.08 Å². The highest BCUT2D eigenvalue weighted by molar-refractivity contribution is 5.24. The Labute approximate surface area is 62.9 Å². The van der Waals surface area contributed by atoms with E-state index < -0.39 is 0 Å². The van der Waals surface area contributed by atoms with Crippen LogP contribution in [0.4, 0.5) is 0 Å². The fraction of sp³-hybridized carbons (Fsp3) is 0.333. The fourth-order valence-corrected chi connectivity index (χ4v) is 0.493. The van der Waals surface area contributed by atoms with E-state index in [1.165, 1.54) is 5.57 Å². The van der Waals surface area contributed by atoms with Crippen LogP contribution >= 0.6 is 0 Å². The van der Waals surface area contributed by atoms with E-state index in [1.807, 2.05) is 26.0 Å². The van der Waals surface area contributed by atoms with Gasteiger partial charge in [0.2, 0.25) is 0 Å². The third-order valence-corrected chi connectivity index (χ3v) is 1.13. The van der Waals surface area contributed by atoms with E-state index in [-0.39, 0.29) is 0 Å². The lowest BCUT2D eigenvalue weighted by atomic mass is 10.2. The molecule has 0 heterocycles. The second-order valence-corrected chi connectivity index (χ2v) is 2.39. The lowest BCUT2D eigenvalue weighted by Gasteiger charge is -1.92. The van der Waals surface area contributed by atoms with Gasteiger partial charge in [-0.1, -0.05) is 30.4 Å². The molecule has 0 aliphatic heterocycles. The summed E-state index contributed by atoms with van der Waals surface area (Å²) in [6.07, 6.45) is 5.80. The van der Waals surface area contributed by atoms with E-state index in [4.69, 9.17) is 5.73 Å². The van der Waals surface area contributed by atoms with Crippen LogP contribution in [0.3, 0.4) is 0 Å². The average molecular weight is 137 g/mol. The molecule has 1 nitrogen and oxygen atoms in total. The predicted molar refractivity (Wildman–Crippen MR) is 46.8 cm³/mol. The highest BCUT2D eigenvalue weighted by Crippen LogP contribution is 1.95. The molecule has 0 aromatic rings. The molecule has 0 saturated carbocycles. The molecule has 0 rings (SSSR count). The van der Waals surface area contributed by atoms with Crippen molar-refractivity contribution in [3.8, 4) is 0 Å². The molecule has 0 atom stereocenters. The van der Waals surface area contributed by atoms with Crippen molar-refractivity contribution >= 4 is 0 Å². The van der Waals surface area contributed by atoms with Crippen LogP contribution in [0, 0.1) is 0 Å². The summed E-state index contributed by atoms with van der Waals surface area (Å²) in [5, 5.41) is 0. The monoisotopic (exact) mass is 137 g/mol. The van der Waals surface area contributed by atoms with Crippen molar-refractivity contribution in [2.75, 3.05) is 6.54 Å². The van der Waals surface area contributed by atoms with Gasteiger partial charge in [-0.05, 0) is 19.4 Å². The van der Waals surface area contributed by atoms with Gasteiger partial charge in [-0.25, -0.2) is 0 Å². The largest absolute Gasteiger partial charge is 0.326 e. The van der Waals surface area contributed by atoms with Crippen LogP contribution in [-0.2, 0) is 0 Å². The summed E-state index contributed by atoms with van der Waals surface area (Å²) in [4.78, 5) is 0. The van der Waals surface area contributed by atoms with Crippen molar-refractivity contribution in [1.29, 1.82) is 0 Å². The summed E-state index contributed by atoms with van der Waals surface area (Å²) in [6, 6.07) is 0. The normalized spacial score (nSPS) is 10.9. The van der Waals surface area contributed by atoms with Gasteiger partial charge in [0.1, 0.15) is 0 Å². The molecule has 56 valence electrons. The van der Waals surface area contributed by atoms with Gasteiger partial charge in [-0.15, -0.1) is 0 Å². The molecule has 0 radical (unpaired) electrons. The first-order valence-corrected chi connectivity index (χ1v) is 3.37. The lowest BCUT2D eigenvalue weighted by Crippen LogP contribution is -1.99. The minimum absolute atomic E-state index is 0.563. The summed E-state index contributed by atoms with van der Waals surface area (Å²) in [5.74, 6) is 0. The van der Waals surface area contributed by atoms with Crippen LogP contribution < -0.4 is 5.73 Å². The Morgan fingerprint density at radius 3 is 2.30 bits per heavy atom. The first-order chi connectivity index (χ1) is 4.70. The molecule has 0 amide bonds. The van der Waals surface area contributed by atoms with Gasteiger partial charge >= 0.3 is 0 Å². The lowest BCUT2D eigenvalue weighted by molar-refractivity contribution is 1.19. The summed E-state index contributed by atoms with van der Waals surface area (Å²) in [6.45, 7) is 8.29. The molecule has 0 aliphatic rings. The maximum atomic E-state index is 5.40. The summed E-state index contributed by atoms with van der Waals surface area (Å²) < 4.78 is 0. The molecule has 0 fully saturated rings. The molecule has 0 aliphatic carbocycles. The number of hydrogen-bond donors (Lipinski definition) is 1. The smallest absolute Gasteiger partial charge is 0.0177 e. The topological polar surface area (TPSA) is 26.0 Å². The van der Waals surface area contributed by atoms with Gasteiger partial charge in [0.05, 0.1) is 0 Å². The molecular weight excluding hydrogens is 122 g/mol. The Balaban J connectivity index is 4.12. The molecule has 0 saturated heterocycles. The zero-order valence-electron chi connectivity index (χ0n) is 6.72. The van der Waals surface area contributed by atoms with Crippen molar-refractivity contribution in [2.45, 2.75) is 13.8 Å². The van der Waals surface area contributed by atoms with Gasteiger partial charge in [-0.3, -0.25) is 0 Å². The van der Waals surface area contributed by atoms with Gasteiger partial charge in [0, 0.05) is 6.54 Å². The molecule has 0 aromatic carbocycles. The molecule has 0 unspecified atom stereocenters. The van der Waals surface area contributed by atoms with E-state index in [0.29, 0.717) is 6.54 Å². The Morgan fingerprint density at radius 2 is 2.00 bits per heavy atom. The minimum atomic E-state index is 0.563. The van der Waals surface area contributed by atoms with Crippen molar-refractivity contribution < 1.29 is 0 Å². The zero-order chi connectivity index (χ0) is 7.98. The first kappa shape index (κ1) is 9.18. The van der Waals surface area contributed by atoms with E-state index >= 15 is 0 Å². The van der Waals surface area contributed by atoms with Crippen molar-refractivity contribution in [3.05, 3.63) is 36.0 Å². The van der Waals surface area contributed by atoms with Crippen LogP contribution in [0.25, 0.3) is 0 Å². The second kappa shape index (κ2) is 5.00. The average Bonchev–Trinajstić information content (AvgIpc) is 1.90. The van der Waals surface area contributed by atoms with Crippen molar-refractivity contribution in [1.82, 2.24) is 0 Å². The Kier molecular flexibility index (Phi) is 4.59. The van der Waals surface area contributed by atoms with Crippen LogP contribution in [0.1, 0.15) is 13.8 Å². The van der Waals surface area contributed by atoms with Crippen LogP contribution in [-0.4, -0.2) is 6.54 Å². The fourth-order valence-electron chi connectivity index (χ4n) is 0.493. The van der Waals surface area contributed by atoms with Gasteiger partial charge in [-0.2, -0.15) is 0 Å². The SMILES string of the molecule is C=C/C(=C\C=C(C)C)CN. The van der Waals surface area contributed by atoms with E-state index in [0.717, 1.165) is 5.57 Å². The predicted octanol–water partition coefficient (Wildman–Crippen LogP) is 2.02. The Hall–Kier alpha value is -0.820. The van der Waals surface area contributed by atoms with Gasteiger partial charge in [0.15, 0.2) is 0 Å². The quantitative estimate of drug-likeness (QED) is 0.592. The molecule has 0 aromatic heterocycles. The minimum Gasteiger partial charge on any atom is -0.326 e. The highest BCUT2D eigenvalue weighted by Gasteiger charge is 1.81. The highest BCUT2D eigenvalue weighted by atomic mass is 14.5. The molecule has 0 spiro atoms. The second-order valence-electron chi connectivity index (χ2n) is 2.39. The van der Waals surface area contributed by atoms with Gasteiger partial charge in [0.25, 0.3) is 0 Å².